The van der Waals surface area contributed by atoms with E-state index in [1.165, 1.54) is 16.8 Å². The third-order valence-electron chi connectivity index (χ3n) is 5.59. The van der Waals surface area contributed by atoms with Gasteiger partial charge in [-0.25, -0.2) is 4.39 Å². The zero-order valence-corrected chi connectivity index (χ0v) is 17.5. The summed E-state index contributed by atoms with van der Waals surface area (Å²) in [6.45, 7) is 3.74. The fraction of sp³-hybridized carbons (Fsp3) is 0.273. The maximum Gasteiger partial charge on any atom is 0.256 e. The molecule has 32 heavy (non-hydrogen) atoms. The lowest BCUT2D eigenvalue weighted by molar-refractivity contribution is 0.0383. The van der Waals surface area contributed by atoms with Gasteiger partial charge in [0.2, 0.25) is 11.2 Å². The number of amides is 1. The summed E-state index contributed by atoms with van der Waals surface area (Å²) in [6, 6.07) is 5.40. The second-order valence-corrected chi connectivity index (χ2v) is 8.00. The number of rotatable bonds is 4. The minimum Gasteiger partial charge on any atom is -0.450 e. The molecule has 3 aromatic rings. The van der Waals surface area contributed by atoms with Crippen LogP contribution in [0.5, 0.6) is 11.5 Å². The summed E-state index contributed by atoms with van der Waals surface area (Å²) in [5.74, 6) is -3.25. The molecule has 1 N–H and O–H groups in total. The molecule has 166 valence electrons. The van der Waals surface area contributed by atoms with E-state index in [9.17, 15) is 18.4 Å². The molecule has 10 heteroatoms. The van der Waals surface area contributed by atoms with E-state index in [4.69, 9.17) is 21.1 Å². The summed E-state index contributed by atoms with van der Waals surface area (Å²) in [4.78, 5) is 28.0. The topological polar surface area (TPSA) is 72.8 Å². The molecule has 5 rings (SSSR count). The van der Waals surface area contributed by atoms with Gasteiger partial charge in [0.1, 0.15) is 11.1 Å². The van der Waals surface area contributed by atoms with Crippen LogP contribution in [0, 0.1) is 11.6 Å². The molecule has 0 aliphatic carbocycles. The Morgan fingerprint density at radius 3 is 2.75 bits per heavy atom. The highest BCUT2D eigenvalue weighted by Crippen LogP contribution is 2.42. The predicted octanol–water partition coefficient (Wildman–Crippen LogP) is 3.09. The maximum atomic E-state index is 14.5. The van der Waals surface area contributed by atoms with Gasteiger partial charge in [-0.05, 0) is 24.3 Å². The summed E-state index contributed by atoms with van der Waals surface area (Å²) in [5.41, 5.74) is -0.462. The fourth-order valence-corrected chi connectivity index (χ4v) is 4.14. The molecule has 2 aromatic carbocycles. The van der Waals surface area contributed by atoms with Gasteiger partial charge in [0.05, 0.1) is 24.3 Å². The Balaban J connectivity index is 1.57. The number of aromatic nitrogens is 1. The number of hydrogen-bond donors (Lipinski definition) is 1. The average Bonchev–Trinajstić information content (AvgIpc) is 2.79. The van der Waals surface area contributed by atoms with Crippen molar-refractivity contribution < 1.29 is 23.0 Å². The number of carbonyl (C=O) groups excluding carboxylic acids is 1. The Labute approximate surface area is 186 Å². The number of hydrogen-bond acceptors (Lipinski definition) is 5. The van der Waals surface area contributed by atoms with Crippen LogP contribution in [0.4, 0.5) is 8.78 Å². The SMILES string of the molecule is O=C(NCCN1CCOCC1)c1cn2c3c(c(F)c(F)cc3c1=O)Oc1ccc(Cl)cc1-2. The van der Waals surface area contributed by atoms with E-state index >= 15 is 0 Å². The van der Waals surface area contributed by atoms with Crippen LogP contribution < -0.4 is 15.5 Å². The van der Waals surface area contributed by atoms with Crippen molar-refractivity contribution in [1.82, 2.24) is 14.8 Å². The second-order valence-electron chi connectivity index (χ2n) is 7.56. The van der Waals surface area contributed by atoms with Gasteiger partial charge in [-0.3, -0.25) is 14.5 Å². The molecule has 1 saturated heterocycles. The van der Waals surface area contributed by atoms with Crippen molar-refractivity contribution in [3.63, 3.8) is 0 Å². The van der Waals surface area contributed by atoms with Gasteiger partial charge < -0.3 is 19.4 Å². The van der Waals surface area contributed by atoms with Crippen LogP contribution >= 0.6 is 11.6 Å². The first-order valence-corrected chi connectivity index (χ1v) is 10.5. The molecule has 1 amide bonds. The molecule has 1 fully saturated rings. The van der Waals surface area contributed by atoms with E-state index in [1.807, 2.05) is 0 Å². The number of fused-ring (bicyclic) bond motifs is 2. The van der Waals surface area contributed by atoms with Crippen LogP contribution in [-0.4, -0.2) is 54.8 Å². The molecule has 2 aliphatic rings. The molecule has 0 saturated carbocycles. The minimum absolute atomic E-state index is 0.0357. The zero-order valence-electron chi connectivity index (χ0n) is 16.8. The van der Waals surface area contributed by atoms with E-state index < -0.39 is 28.7 Å². The molecule has 2 aliphatic heterocycles. The number of nitrogens with one attached hydrogen (secondary N) is 1. The Morgan fingerprint density at radius 2 is 1.97 bits per heavy atom. The van der Waals surface area contributed by atoms with Crippen molar-refractivity contribution in [1.29, 1.82) is 0 Å². The normalized spacial score (nSPS) is 15.3. The summed E-state index contributed by atoms with van der Waals surface area (Å²) in [7, 11) is 0. The van der Waals surface area contributed by atoms with E-state index in [0.29, 0.717) is 37.0 Å². The smallest absolute Gasteiger partial charge is 0.256 e. The lowest BCUT2D eigenvalue weighted by Gasteiger charge is -2.26. The molecule has 0 unspecified atom stereocenters. The Kier molecular flexibility index (Phi) is 5.32. The average molecular weight is 462 g/mol. The minimum atomic E-state index is -1.24. The van der Waals surface area contributed by atoms with Crippen LogP contribution in [0.1, 0.15) is 10.4 Å². The zero-order chi connectivity index (χ0) is 22.4. The van der Waals surface area contributed by atoms with Gasteiger partial charge >= 0.3 is 0 Å². The lowest BCUT2D eigenvalue weighted by Crippen LogP contribution is -2.42. The van der Waals surface area contributed by atoms with E-state index in [2.05, 4.69) is 10.2 Å². The number of benzene rings is 2. The first-order valence-electron chi connectivity index (χ1n) is 10.1. The van der Waals surface area contributed by atoms with Crippen molar-refractivity contribution in [2.75, 3.05) is 39.4 Å². The quantitative estimate of drug-likeness (QED) is 0.505. The summed E-state index contributed by atoms with van der Waals surface area (Å²) < 4.78 is 41.1. The lowest BCUT2D eigenvalue weighted by atomic mass is 10.1. The van der Waals surface area contributed by atoms with Crippen LogP contribution in [0.2, 0.25) is 5.02 Å². The molecule has 0 bridgehead atoms. The molecular weight excluding hydrogens is 444 g/mol. The molecule has 7 nitrogen and oxygen atoms in total. The van der Waals surface area contributed by atoms with Gasteiger partial charge in [-0.1, -0.05) is 11.6 Å². The maximum absolute atomic E-state index is 14.5. The van der Waals surface area contributed by atoms with Crippen molar-refractivity contribution in [3.05, 3.63) is 62.9 Å². The van der Waals surface area contributed by atoms with Gasteiger partial charge in [0, 0.05) is 37.4 Å². The Hall–Kier alpha value is -3.01. The van der Waals surface area contributed by atoms with Crippen molar-refractivity contribution >= 4 is 28.4 Å². The number of morpholine rings is 1. The van der Waals surface area contributed by atoms with Gasteiger partial charge in [0.25, 0.3) is 5.91 Å². The van der Waals surface area contributed by atoms with Gasteiger partial charge in [0.15, 0.2) is 17.3 Å². The number of carbonyl (C=O) groups is 1. The molecule has 0 radical (unpaired) electrons. The number of ether oxygens (including phenoxy) is 2. The van der Waals surface area contributed by atoms with Crippen molar-refractivity contribution in [2.24, 2.45) is 0 Å². The van der Waals surface area contributed by atoms with Gasteiger partial charge in [-0.2, -0.15) is 4.39 Å². The molecular formula is C22H18ClF2N3O4. The third kappa shape index (κ3) is 3.52. The number of nitrogens with zero attached hydrogens (tertiary/aromatic N) is 2. The van der Waals surface area contributed by atoms with E-state index in [0.717, 1.165) is 19.2 Å². The molecule has 0 atom stereocenters. The molecule has 0 spiro atoms. The van der Waals surface area contributed by atoms with E-state index in [-0.39, 0.29) is 22.2 Å². The van der Waals surface area contributed by atoms with Crippen LogP contribution in [0.25, 0.3) is 16.6 Å². The first-order chi connectivity index (χ1) is 15.4. The third-order valence-corrected chi connectivity index (χ3v) is 5.83. The number of pyridine rings is 1. The Bertz CT molecular complexity index is 1300. The Morgan fingerprint density at radius 1 is 1.19 bits per heavy atom. The second kappa shape index (κ2) is 8.16. The first kappa shape index (κ1) is 20.9. The predicted molar refractivity (Wildman–Crippen MR) is 114 cm³/mol. The van der Waals surface area contributed by atoms with Gasteiger partial charge in [-0.15, -0.1) is 0 Å². The largest absolute Gasteiger partial charge is 0.450 e. The van der Waals surface area contributed by atoms with Crippen molar-refractivity contribution in [2.45, 2.75) is 0 Å². The summed E-state index contributed by atoms with van der Waals surface area (Å²) >= 11 is 6.11. The summed E-state index contributed by atoms with van der Waals surface area (Å²) in [6.07, 6.45) is 1.31. The van der Waals surface area contributed by atoms with E-state index in [1.54, 1.807) is 12.1 Å². The summed E-state index contributed by atoms with van der Waals surface area (Å²) in [5, 5.41) is 2.95. The van der Waals surface area contributed by atoms with Crippen molar-refractivity contribution in [3.8, 4) is 17.2 Å². The molecule has 1 aromatic heterocycles. The van der Waals surface area contributed by atoms with Crippen LogP contribution in [-0.2, 0) is 4.74 Å². The standard InChI is InChI=1S/C22H18ClF2N3O4/c23-12-1-2-17-16(9-12)28-11-14(22(30)26-3-4-27-5-7-31-8-6-27)20(29)13-10-15(24)18(25)21(32-17)19(13)28/h1-2,9-11H,3-8H2,(H,26,30). The monoisotopic (exact) mass is 461 g/mol. The number of halogens is 3. The van der Waals surface area contributed by atoms with Crippen LogP contribution in [0.3, 0.4) is 0 Å². The fourth-order valence-electron chi connectivity index (χ4n) is 3.97. The molecule has 3 heterocycles. The highest BCUT2D eigenvalue weighted by atomic mass is 35.5. The highest BCUT2D eigenvalue weighted by molar-refractivity contribution is 6.30. The van der Waals surface area contributed by atoms with Crippen LogP contribution in [0.15, 0.2) is 35.3 Å². The highest BCUT2D eigenvalue weighted by Gasteiger charge is 2.28.